The Labute approximate surface area is 110 Å². The summed E-state index contributed by atoms with van der Waals surface area (Å²) >= 11 is 5.89. The normalized spacial score (nSPS) is 10.3. The maximum atomic E-state index is 11.2. The van der Waals surface area contributed by atoms with Crippen molar-refractivity contribution < 1.29 is 4.79 Å². The number of anilines is 1. The smallest absolute Gasteiger partial charge is 0.250 e. The Balaban J connectivity index is 2.16. The molecule has 0 aliphatic carbocycles. The standard InChI is InChI=1S/C12H13ClN4O/c1-17-10(13)6-16-11(17)7-15-9-5-3-2-4-8(9)12(14)18/h2-6,15H,7H2,1H3,(H2,14,18). The fraction of sp³-hybridized carbons (Fsp3) is 0.167. The molecule has 0 fully saturated rings. The maximum absolute atomic E-state index is 11.2. The number of para-hydroxylation sites is 1. The van der Waals surface area contributed by atoms with Gasteiger partial charge < -0.3 is 15.6 Å². The Morgan fingerprint density at radius 2 is 2.22 bits per heavy atom. The van der Waals surface area contributed by atoms with Crippen LogP contribution in [-0.4, -0.2) is 15.5 Å². The van der Waals surface area contributed by atoms with Crippen LogP contribution in [0, 0.1) is 0 Å². The Bertz CT molecular complexity index is 579. The first kappa shape index (κ1) is 12.4. The summed E-state index contributed by atoms with van der Waals surface area (Å²) in [6.07, 6.45) is 1.58. The van der Waals surface area contributed by atoms with Crippen LogP contribution in [0.4, 0.5) is 5.69 Å². The van der Waals surface area contributed by atoms with E-state index >= 15 is 0 Å². The molecular weight excluding hydrogens is 252 g/mol. The average molecular weight is 265 g/mol. The van der Waals surface area contributed by atoms with Gasteiger partial charge in [-0.3, -0.25) is 4.79 Å². The monoisotopic (exact) mass is 264 g/mol. The highest BCUT2D eigenvalue weighted by Crippen LogP contribution is 2.16. The van der Waals surface area contributed by atoms with Crippen LogP contribution in [0.1, 0.15) is 16.2 Å². The third-order valence-corrected chi connectivity index (χ3v) is 3.01. The number of nitrogens with one attached hydrogen (secondary N) is 1. The van der Waals surface area contributed by atoms with Crippen molar-refractivity contribution >= 4 is 23.2 Å². The van der Waals surface area contributed by atoms with Gasteiger partial charge in [-0.1, -0.05) is 23.7 Å². The number of hydrogen-bond donors (Lipinski definition) is 2. The van der Waals surface area contributed by atoms with Crippen molar-refractivity contribution in [3.63, 3.8) is 0 Å². The van der Waals surface area contributed by atoms with E-state index in [2.05, 4.69) is 10.3 Å². The Kier molecular flexibility index (Phi) is 3.53. The van der Waals surface area contributed by atoms with Crippen LogP contribution in [-0.2, 0) is 13.6 Å². The maximum Gasteiger partial charge on any atom is 0.250 e. The molecule has 0 aliphatic heterocycles. The van der Waals surface area contributed by atoms with Crippen LogP contribution in [0.2, 0.25) is 5.15 Å². The van der Waals surface area contributed by atoms with Crippen molar-refractivity contribution in [1.29, 1.82) is 0 Å². The van der Waals surface area contributed by atoms with Crippen molar-refractivity contribution in [1.82, 2.24) is 9.55 Å². The van der Waals surface area contributed by atoms with Crippen LogP contribution in [0.25, 0.3) is 0 Å². The highest BCUT2D eigenvalue weighted by atomic mass is 35.5. The molecule has 0 saturated carbocycles. The molecule has 1 aromatic heterocycles. The van der Waals surface area contributed by atoms with Gasteiger partial charge in [0.15, 0.2) is 0 Å². The SMILES string of the molecule is Cn1c(Cl)cnc1CNc1ccccc1C(N)=O. The van der Waals surface area contributed by atoms with E-state index in [1.807, 2.05) is 13.1 Å². The van der Waals surface area contributed by atoms with Crippen molar-refractivity contribution in [3.05, 3.63) is 47.0 Å². The van der Waals surface area contributed by atoms with Crippen LogP contribution >= 0.6 is 11.6 Å². The van der Waals surface area contributed by atoms with Crippen LogP contribution in [0.5, 0.6) is 0 Å². The number of halogens is 1. The number of imidazole rings is 1. The second kappa shape index (κ2) is 5.10. The molecule has 0 bridgehead atoms. The minimum Gasteiger partial charge on any atom is -0.377 e. The number of carbonyl (C=O) groups excluding carboxylic acids is 1. The molecule has 1 aromatic carbocycles. The minimum atomic E-state index is -0.462. The fourth-order valence-electron chi connectivity index (χ4n) is 1.61. The molecule has 0 aliphatic rings. The lowest BCUT2D eigenvalue weighted by Crippen LogP contribution is -2.15. The molecular formula is C12H13ClN4O. The number of benzene rings is 1. The van der Waals surface area contributed by atoms with E-state index < -0.39 is 5.91 Å². The first-order valence-corrected chi connectivity index (χ1v) is 5.76. The molecule has 0 radical (unpaired) electrons. The third-order valence-electron chi connectivity index (χ3n) is 2.66. The van der Waals surface area contributed by atoms with Gasteiger partial charge in [0.1, 0.15) is 11.0 Å². The topological polar surface area (TPSA) is 72.9 Å². The van der Waals surface area contributed by atoms with Gasteiger partial charge in [0.25, 0.3) is 5.91 Å². The Morgan fingerprint density at radius 1 is 1.50 bits per heavy atom. The van der Waals surface area contributed by atoms with Gasteiger partial charge in [-0.25, -0.2) is 4.98 Å². The largest absolute Gasteiger partial charge is 0.377 e. The summed E-state index contributed by atoms with van der Waals surface area (Å²) in [4.78, 5) is 15.4. The summed E-state index contributed by atoms with van der Waals surface area (Å²) < 4.78 is 1.77. The van der Waals surface area contributed by atoms with E-state index in [0.29, 0.717) is 22.9 Å². The molecule has 0 atom stereocenters. The molecule has 94 valence electrons. The van der Waals surface area contributed by atoms with E-state index in [4.69, 9.17) is 17.3 Å². The van der Waals surface area contributed by atoms with E-state index in [1.54, 1.807) is 29.0 Å². The molecule has 5 nitrogen and oxygen atoms in total. The second-order valence-corrected chi connectivity index (χ2v) is 4.21. The lowest BCUT2D eigenvalue weighted by Gasteiger charge is -2.09. The minimum absolute atomic E-state index is 0.456. The van der Waals surface area contributed by atoms with E-state index in [1.165, 1.54) is 0 Å². The van der Waals surface area contributed by atoms with Crippen molar-refractivity contribution in [3.8, 4) is 0 Å². The fourth-order valence-corrected chi connectivity index (χ4v) is 1.76. The third kappa shape index (κ3) is 2.46. The quantitative estimate of drug-likeness (QED) is 0.884. The number of nitrogens with zero attached hydrogens (tertiary/aromatic N) is 2. The number of hydrogen-bond acceptors (Lipinski definition) is 3. The van der Waals surface area contributed by atoms with Crippen LogP contribution < -0.4 is 11.1 Å². The summed E-state index contributed by atoms with van der Waals surface area (Å²) in [5.74, 6) is 0.315. The number of primary amides is 1. The van der Waals surface area contributed by atoms with Gasteiger partial charge in [-0.2, -0.15) is 0 Å². The molecule has 6 heteroatoms. The van der Waals surface area contributed by atoms with Crippen molar-refractivity contribution in [2.24, 2.45) is 12.8 Å². The molecule has 0 saturated heterocycles. The molecule has 1 amide bonds. The van der Waals surface area contributed by atoms with Gasteiger partial charge in [-0.15, -0.1) is 0 Å². The van der Waals surface area contributed by atoms with Crippen LogP contribution in [0.3, 0.4) is 0 Å². The molecule has 1 heterocycles. The Morgan fingerprint density at radius 3 is 2.83 bits per heavy atom. The second-order valence-electron chi connectivity index (χ2n) is 3.82. The molecule has 0 unspecified atom stereocenters. The highest BCUT2D eigenvalue weighted by Gasteiger charge is 2.08. The van der Waals surface area contributed by atoms with Crippen molar-refractivity contribution in [2.45, 2.75) is 6.54 Å². The zero-order valence-corrected chi connectivity index (χ0v) is 10.6. The summed E-state index contributed by atoms with van der Waals surface area (Å²) in [6, 6.07) is 7.07. The molecule has 2 rings (SSSR count). The predicted octanol–water partition coefficient (Wildman–Crippen LogP) is 1.78. The predicted molar refractivity (Wildman–Crippen MR) is 70.5 cm³/mol. The number of nitrogens with two attached hydrogens (primary N) is 1. The molecule has 0 spiro atoms. The van der Waals surface area contributed by atoms with Crippen LogP contribution in [0.15, 0.2) is 30.5 Å². The van der Waals surface area contributed by atoms with Gasteiger partial charge in [0.2, 0.25) is 0 Å². The molecule has 3 N–H and O–H groups in total. The van der Waals surface area contributed by atoms with Gasteiger partial charge in [-0.05, 0) is 12.1 Å². The zero-order valence-electron chi connectivity index (χ0n) is 9.85. The molecule has 2 aromatic rings. The number of amides is 1. The lowest BCUT2D eigenvalue weighted by molar-refractivity contribution is 0.100. The summed E-state index contributed by atoms with van der Waals surface area (Å²) in [7, 11) is 1.83. The van der Waals surface area contributed by atoms with Gasteiger partial charge >= 0.3 is 0 Å². The van der Waals surface area contributed by atoms with E-state index in [0.717, 1.165) is 5.82 Å². The first-order chi connectivity index (χ1) is 8.59. The average Bonchev–Trinajstić information content (AvgIpc) is 2.68. The number of rotatable bonds is 4. The summed E-state index contributed by atoms with van der Waals surface area (Å²) in [6.45, 7) is 0.466. The van der Waals surface area contributed by atoms with Gasteiger partial charge in [0, 0.05) is 12.7 Å². The number of aromatic nitrogens is 2. The van der Waals surface area contributed by atoms with Crippen molar-refractivity contribution in [2.75, 3.05) is 5.32 Å². The van der Waals surface area contributed by atoms with E-state index in [9.17, 15) is 4.79 Å². The number of carbonyl (C=O) groups is 1. The van der Waals surface area contributed by atoms with E-state index in [-0.39, 0.29) is 0 Å². The molecule has 18 heavy (non-hydrogen) atoms. The van der Waals surface area contributed by atoms with Gasteiger partial charge in [0.05, 0.1) is 18.3 Å². The zero-order chi connectivity index (χ0) is 13.1. The Hall–Kier alpha value is -2.01. The summed E-state index contributed by atoms with van der Waals surface area (Å²) in [5.41, 5.74) is 6.44. The lowest BCUT2D eigenvalue weighted by atomic mass is 10.1. The highest BCUT2D eigenvalue weighted by molar-refractivity contribution is 6.29. The summed E-state index contributed by atoms with van der Waals surface area (Å²) in [5, 5.41) is 3.69. The first-order valence-electron chi connectivity index (χ1n) is 5.38.